The SMILES string of the molecule is COc1cc(NC(=O)CC2=CCC(Cl)=C(Cl)C=C2)ccc1-n1cnc(C)c1. The molecule has 0 unspecified atom stereocenters. The van der Waals surface area contributed by atoms with E-state index in [1.165, 1.54) is 0 Å². The zero-order valence-electron chi connectivity index (χ0n) is 15.0. The third-order valence-corrected chi connectivity index (χ3v) is 4.87. The van der Waals surface area contributed by atoms with Crippen LogP contribution in [0.15, 0.2) is 64.6 Å². The van der Waals surface area contributed by atoms with Gasteiger partial charge in [-0.25, -0.2) is 4.98 Å². The van der Waals surface area contributed by atoms with E-state index >= 15 is 0 Å². The smallest absolute Gasteiger partial charge is 0.228 e. The monoisotopic (exact) mass is 403 g/mol. The summed E-state index contributed by atoms with van der Waals surface area (Å²) in [6.07, 6.45) is 9.80. The van der Waals surface area contributed by atoms with Crippen LogP contribution in [0.2, 0.25) is 0 Å². The Morgan fingerprint density at radius 2 is 2.15 bits per heavy atom. The predicted molar refractivity (Wildman–Crippen MR) is 109 cm³/mol. The fraction of sp³-hybridized carbons (Fsp3) is 0.200. The summed E-state index contributed by atoms with van der Waals surface area (Å²) in [4.78, 5) is 16.6. The van der Waals surface area contributed by atoms with Crippen LogP contribution in [0, 0.1) is 6.92 Å². The third-order valence-electron chi connectivity index (χ3n) is 4.06. The fourth-order valence-electron chi connectivity index (χ4n) is 2.70. The lowest BCUT2D eigenvalue weighted by Gasteiger charge is -2.12. The van der Waals surface area contributed by atoms with Crippen LogP contribution in [0.3, 0.4) is 0 Å². The standard InChI is InChI=1S/C20H19Cl2N3O2/c1-13-11-25(12-23-13)18-8-5-15(10-19(18)27-2)24-20(26)9-14-3-6-16(21)17(22)7-4-14/h3-6,8,10-12H,7,9H2,1-2H3,(H,24,26). The van der Waals surface area contributed by atoms with Gasteiger partial charge in [0.1, 0.15) is 5.75 Å². The normalized spacial score (nSPS) is 14.0. The van der Waals surface area contributed by atoms with Gasteiger partial charge >= 0.3 is 0 Å². The minimum atomic E-state index is -0.131. The Balaban J connectivity index is 1.70. The maximum Gasteiger partial charge on any atom is 0.228 e. The van der Waals surface area contributed by atoms with E-state index in [2.05, 4.69) is 10.3 Å². The van der Waals surface area contributed by atoms with Crippen molar-refractivity contribution in [2.45, 2.75) is 19.8 Å². The van der Waals surface area contributed by atoms with E-state index in [-0.39, 0.29) is 12.3 Å². The van der Waals surface area contributed by atoms with Crippen molar-refractivity contribution in [3.05, 3.63) is 70.3 Å². The first-order valence-electron chi connectivity index (χ1n) is 8.36. The molecule has 1 aromatic carbocycles. The first-order valence-corrected chi connectivity index (χ1v) is 9.12. The average molecular weight is 404 g/mol. The number of halogens is 2. The number of amides is 1. The van der Waals surface area contributed by atoms with Crippen LogP contribution in [0.4, 0.5) is 5.69 Å². The number of ether oxygens (including phenoxy) is 1. The molecule has 0 saturated heterocycles. The molecule has 1 aliphatic rings. The topological polar surface area (TPSA) is 56.1 Å². The van der Waals surface area contributed by atoms with E-state index in [0.717, 1.165) is 17.0 Å². The maximum absolute atomic E-state index is 12.4. The average Bonchev–Trinajstić information content (AvgIpc) is 3.02. The molecule has 1 heterocycles. The van der Waals surface area contributed by atoms with E-state index in [1.54, 1.807) is 25.6 Å². The number of hydrogen-bond acceptors (Lipinski definition) is 3. The lowest BCUT2D eigenvalue weighted by molar-refractivity contribution is -0.115. The Bertz CT molecular complexity index is 958. The Morgan fingerprint density at radius 1 is 1.33 bits per heavy atom. The van der Waals surface area contributed by atoms with Gasteiger partial charge in [0.05, 0.1) is 36.3 Å². The highest BCUT2D eigenvalue weighted by Gasteiger charge is 2.11. The van der Waals surface area contributed by atoms with Crippen LogP contribution in [-0.4, -0.2) is 22.6 Å². The highest BCUT2D eigenvalue weighted by Crippen LogP contribution is 2.28. The minimum Gasteiger partial charge on any atom is -0.494 e. The van der Waals surface area contributed by atoms with Crippen LogP contribution in [-0.2, 0) is 4.79 Å². The molecule has 1 aromatic heterocycles. The number of methoxy groups -OCH3 is 1. The number of nitrogens with one attached hydrogen (secondary N) is 1. The molecule has 1 amide bonds. The predicted octanol–water partition coefficient (Wildman–Crippen LogP) is 5.09. The Labute approximate surface area is 167 Å². The number of anilines is 1. The van der Waals surface area contributed by atoms with E-state index in [0.29, 0.717) is 27.9 Å². The van der Waals surface area contributed by atoms with Gasteiger partial charge in [0, 0.05) is 29.4 Å². The van der Waals surface area contributed by atoms with Crippen LogP contribution >= 0.6 is 23.2 Å². The molecule has 0 spiro atoms. The van der Waals surface area contributed by atoms with Crippen LogP contribution in [0.25, 0.3) is 5.69 Å². The molecule has 3 rings (SSSR count). The zero-order valence-corrected chi connectivity index (χ0v) is 16.5. The van der Waals surface area contributed by atoms with Crippen molar-refractivity contribution >= 4 is 34.8 Å². The molecule has 140 valence electrons. The maximum atomic E-state index is 12.4. The highest BCUT2D eigenvalue weighted by molar-refractivity contribution is 6.40. The number of aryl methyl sites for hydroxylation is 1. The molecule has 1 N–H and O–H groups in total. The van der Waals surface area contributed by atoms with Gasteiger partial charge in [-0.1, -0.05) is 35.4 Å². The number of hydrogen-bond donors (Lipinski definition) is 1. The van der Waals surface area contributed by atoms with Crippen molar-refractivity contribution in [2.75, 3.05) is 12.4 Å². The van der Waals surface area contributed by atoms with Crippen molar-refractivity contribution in [1.29, 1.82) is 0 Å². The summed E-state index contributed by atoms with van der Waals surface area (Å²) in [6, 6.07) is 5.50. The quantitative estimate of drug-likeness (QED) is 0.755. The van der Waals surface area contributed by atoms with Gasteiger partial charge in [-0.15, -0.1) is 0 Å². The molecule has 5 nitrogen and oxygen atoms in total. The van der Waals surface area contributed by atoms with Crippen LogP contribution < -0.4 is 10.1 Å². The molecule has 0 bridgehead atoms. The van der Waals surface area contributed by atoms with Crippen molar-refractivity contribution in [1.82, 2.24) is 9.55 Å². The van der Waals surface area contributed by atoms with E-state index in [9.17, 15) is 4.79 Å². The lowest BCUT2D eigenvalue weighted by atomic mass is 10.1. The Kier molecular flexibility index (Phi) is 6.04. The largest absolute Gasteiger partial charge is 0.494 e. The van der Waals surface area contributed by atoms with E-state index in [4.69, 9.17) is 27.9 Å². The molecule has 0 radical (unpaired) electrons. The Hall–Kier alpha value is -2.50. The summed E-state index contributed by atoms with van der Waals surface area (Å²) < 4.78 is 7.34. The molecule has 2 aromatic rings. The fourth-order valence-corrected chi connectivity index (χ4v) is 2.98. The molecule has 0 saturated carbocycles. The number of carbonyl (C=O) groups excluding carboxylic acids is 1. The van der Waals surface area contributed by atoms with Gasteiger partial charge in [-0.3, -0.25) is 4.79 Å². The molecule has 7 heteroatoms. The molecule has 0 aliphatic heterocycles. The number of aromatic nitrogens is 2. The van der Waals surface area contributed by atoms with Gasteiger partial charge in [0.15, 0.2) is 0 Å². The van der Waals surface area contributed by atoms with Gasteiger partial charge in [0.2, 0.25) is 5.91 Å². The summed E-state index contributed by atoms with van der Waals surface area (Å²) >= 11 is 12.0. The van der Waals surface area contributed by atoms with Crippen LogP contribution in [0.1, 0.15) is 18.5 Å². The molecular formula is C20H19Cl2N3O2. The highest BCUT2D eigenvalue weighted by atomic mass is 35.5. The summed E-state index contributed by atoms with van der Waals surface area (Å²) in [5.41, 5.74) is 3.28. The number of imidazole rings is 1. The number of allylic oxidation sites excluding steroid dienone is 5. The van der Waals surface area contributed by atoms with Crippen molar-refractivity contribution in [3.63, 3.8) is 0 Å². The second-order valence-corrected chi connectivity index (χ2v) is 6.97. The van der Waals surface area contributed by atoms with Gasteiger partial charge in [-0.2, -0.15) is 0 Å². The van der Waals surface area contributed by atoms with E-state index in [1.807, 2.05) is 42.0 Å². The first-order chi connectivity index (χ1) is 13.0. The summed E-state index contributed by atoms with van der Waals surface area (Å²) in [6.45, 7) is 1.92. The first kappa shape index (κ1) is 19.3. The van der Waals surface area contributed by atoms with Gasteiger partial charge < -0.3 is 14.6 Å². The summed E-state index contributed by atoms with van der Waals surface area (Å²) in [5.74, 6) is 0.509. The van der Waals surface area contributed by atoms with Crippen molar-refractivity contribution in [2.24, 2.45) is 0 Å². The van der Waals surface area contributed by atoms with Gasteiger partial charge in [0.25, 0.3) is 0 Å². The molecular weight excluding hydrogens is 385 g/mol. The summed E-state index contributed by atoms with van der Waals surface area (Å²) in [5, 5.41) is 3.96. The number of benzene rings is 1. The van der Waals surface area contributed by atoms with Crippen LogP contribution in [0.5, 0.6) is 5.75 Å². The van der Waals surface area contributed by atoms with Crippen molar-refractivity contribution in [3.8, 4) is 11.4 Å². The molecule has 27 heavy (non-hydrogen) atoms. The number of carbonyl (C=O) groups is 1. The molecule has 1 aliphatic carbocycles. The second-order valence-electron chi connectivity index (χ2n) is 6.10. The van der Waals surface area contributed by atoms with E-state index < -0.39 is 0 Å². The summed E-state index contributed by atoms with van der Waals surface area (Å²) in [7, 11) is 1.59. The minimum absolute atomic E-state index is 0.131. The van der Waals surface area contributed by atoms with Crippen molar-refractivity contribution < 1.29 is 9.53 Å². The number of rotatable bonds is 5. The third kappa shape index (κ3) is 4.81. The molecule has 0 atom stereocenters. The number of nitrogens with zero attached hydrogens (tertiary/aromatic N) is 2. The van der Waals surface area contributed by atoms with Gasteiger partial charge in [-0.05, 0) is 30.7 Å². The Morgan fingerprint density at radius 3 is 2.85 bits per heavy atom. The second kappa shape index (κ2) is 8.46. The molecule has 0 fully saturated rings. The lowest BCUT2D eigenvalue weighted by Crippen LogP contribution is -2.12. The zero-order chi connectivity index (χ0) is 19.4.